The minimum absolute atomic E-state index is 0.334. The van der Waals surface area contributed by atoms with E-state index in [4.69, 9.17) is 5.73 Å². The minimum atomic E-state index is 0.334. The highest BCUT2D eigenvalue weighted by Gasteiger charge is 2.05. The van der Waals surface area contributed by atoms with Crippen molar-refractivity contribution in [1.82, 2.24) is 15.5 Å². The summed E-state index contributed by atoms with van der Waals surface area (Å²) in [6.45, 7) is 12.3. The van der Waals surface area contributed by atoms with Gasteiger partial charge in [-0.15, -0.1) is 0 Å². The third-order valence-electron chi connectivity index (χ3n) is 3.44. The topological polar surface area (TPSA) is 78.0 Å². The summed E-state index contributed by atoms with van der Waals surface area (Å²) in [5.41, 5.74) is 6.69. The van der Waals surface area contributed by atoms with E-state index in [0.29, 0.717) is 24.7 Å². The summed E-state index contributed by atoms with van der Waals surface area (Å²) < 4.78 is 0. The number of nitrogens with two attached hydrogens (primary N) is 1. The highest BCUT2D eigenvalue weighted by atomic mass is 15.1. The molecule has 1 unspecified atom stereocenters. The SMILES string of the molecule is CCC(C)/N=C\N(C)/C=N/C=C(\N)CN[C@@H](CC)CNC(C)C. The van der Waals surface area contributed by atoms with Crippen LogP contribution >= 0.6 is 0 Å². The fourth-order valence-electron chi connectivity index (χ4n) is 1.64. The molecule has 6 heteroatoms. The van der Waals surface area contributed by atoms with Crippen LogP contribution < -0.4 is 16.4 Å². The van der Waals surface area contributed by atoms with E-state index in [-0.39, 0.29) is 0 Å². The molecule has 134 valence electrons. The Balaban J connectivity index is 4.18. The summed E-state index contributed by atoms with van der Waals surface area (Å²) >= 11 is 0. The number of hydrogen-bond acceptors (Lipinski definition) is 5. The molecular weight excluding hydrogens is 288 g/mol. The zero-order valence-corrected chi connectivity index (χ0v) is 15.7. The minimum Gasteiger partial charge on any atom is -0.400 e. The van der Waals surface area contributed by atoms with E-state index in [0.717, 1.165) is 25.1 Å². The molecule has 0 bridgehead atoms. The van der Waals surface area contributed by atoms with Crippen LogP contribution in [0.2, 0.25) is 0 Å². The Morgan fingerprint density at radius 1 is 1.13 bits per heavy atom. The van der Waals surface area contributed by atoms with Gasteiger partial charge in [0.25, 0.3) is 0 Å². The van der Waals surface area contributed by atoms with E-state index < -0.39 is 0 Å². The van der Waals surface area contributed by atoms with Crippen molar-refractivity contribution >= 4 is 12.7 Å². The van der Waals surface area contributed by atoms with Crippen molar-refractivity contribution in [2.24, 2.45) is 15.7 Å². The second-order valence-corrected chi connectivity index (χ2v) is 6.20. The number of aliphatic imine (C=N–C) groups is 2. The molecule has 0 aliphatic rings. The average Bonchev–Trinajstić information content (AvgIpc) is 2.52. The fourth-order valence-corrected chi connectivity index (χ4v) is 1.64. The summed E-state index contributed by atoms with van der Waals surface area (Å²) in [6, 6.07) is 1.25. The average molecular weight is 325 g/mol. The molecule has 23 heavy (non-hydrogen) atoms. The quantitative estimate of drug-likeness (QED) is 0.379. The molecule has 6 nitrogen and oxygen atoms in total. The standard InChI is InChI=1S/C17H36N6/c1-7-15(5)22-13-23(6)12-19-9-16(18)10-21-17(8-2)11-20-14(3)4/h9,12-15,17,20-21H,7-8,10-11,18H2,1-6H3/b16-9-,19-12+,22-13-/t15?,17-/m0/s1. The van der Waals surface area contributed by atoms with Gasteiger partial charge in [-0.2, -0.15) is 0 Å². The Labute approximate surface area is 142 Å². The zero-order chi connectivity index (χ0) is 17.7. The maximum atomic E-state index is 5.97. The Morgan fingerprint density at radius 3 is 2.39 bits per heavy atom. The van der Waals surface area contributed by atoms with Crippen LogP contribution in [0.1, 0.15) is 47.5 Å². The van der Waals surface area contributed by atoms with E-state index >= 15 is 0 Å². The summed E-state index contributed by atoms with van der Waals surface area (Å²) in [5, 5.41) is 6.87. The molecule has 0 rings (SSSR count). The van der Waals surface area contributed by atoms with Gasteiger partial charge < -0.3 is 21.3 Å². The highest BCUT2D eigenvalue weighted by Crippen LogP contribution is 1.94. The number of nitrogens with one attached hydrogen (secondary N) is 2. The van der Waals surface area contributed by atoms with E-state index in [1.54, 1.807) is 18.9 Å². The maximum absolute atomic E-state index is 5.97. The number of rotatable bonds is 12. The van der Waals surface area contributed by atoms with Crippen LogP contribution in [0.5, 0.6) is 0 Å². The molecule has 0 heterocycles. The van der Waals surface area contributed by atoms with E-state index in [2.05, 4.69) is 55.2 Å². The molecule has 0 saturated carbocycles. The lowest BCUT2D eigenvalue weighted by Gasteiger charge is -2.19. The van der Waals surface area contributed by atoms with Gasteiger partial charge in [0.1, 0.15) is 0 Å². The van der Waals surface area contributed by atoms with Gasteiger partial charge in [-0.1, -0.05) is 27.7 Å². The van der Waals surface area contributed by atoms with E-state index in [9.17, 15) is 0 Å². The van der Waals surface area contributed by atoms with Gasteiger partial charge in [-0.3, -0.25) is 4.99 Å². The van der Waals surface area contributed by atoms with E-state index in [1.165, 1.54) is 0 Å². The third kappa shape index (κ3) is 12.8. The Morgan fingerprint density at radius 2 is 1.83 bits per heavy atom. The predicted molar refractivity (Wildman–Crippen MR) is 102 cm³/mol. The molecule has 0 saturated heterocycles. The van der Waals surface area contributed by atoms with Crippen LogP contribution in [0.15, 0.2) is 21.9 Å². The van der Waals surface area contributed by atoms with Gasteiger partial charge in [0.05, 0.1) is 12.7 Å². The van der Waals surface area contributed by atoms with Crippen molar-refractivity contribution in [3.8, 4) is 0 Å². The second kappa shape index (κ2) is 13.1. The molecule has 0 amide bonds. The Bertz CT molecular complexity index is 375. The molecule has 0 aromatic heterocycles. The number of hydrogen-bond donors (Lipinski definition) is 3. The molecule has 4 N–H and O–H groups in total. The van der Waals surface area contributed by atoms with Gasteiger partial charge in [0.2, 0.25) is 0 Å². The molecule has 0 aliphatic carbocycles. The third-order valence-corrected chi connectivity index (χ3v) is 3.44. The Kier molecular flexibility index (Phi) is 12.3. The molecule has 0 radical (unpaired) electrons. The van der Waals surface area contributed by atoms with Gasteiger partial charge in [-0.05, 0) is 19.8 Å². The van der Waals surface area contributed by atoms with Crippen molar-refractivity contribution in [2.45, 2.75) is 65.6 Å². The molecule has 0 spiro atoms. The Hall–Kier alpha value is -1.40. The second-order valence-electron chi connectivity index (χ2n) is 6.20. The van der Waals surface area contributed by atoms with Crippen LogP contribution in [0, 0.1) is 0 Å². The normalized spacial score (nSPS) is 15.7. The van der Waals surface area contributed by atoms with Gasteiger partial charge in [0, 0.05) is 50.2 Å². The largest absolute Gasteiger partial charge is 0.400 e. The monoisotopic (exact) mass is 324 g/mol. The first-order chi connectivity index (χ1) is 10.9. The fraction of sp³-hybridized carbons (Fsp3) is 0.765. The van der Waals surface area contributed by atoms with Crippen LogP contribution in [0.4, 0.5) is 0 Å². The van der Waals surface area contributed by atoms with Crippen molar-refractivity contribution in [3.63, 3.8) is 0 Å². The number of nitrogens with zero attached hydrogens (tertiary/aromatic N) is 3. The lowest BCUT2D eigenvalue weighted by Crippen LogP contribution is -2.41. The molecule has 0 aliphatic heterocycles. The van der Waals surface area contributed by atoms with Gasteiger partial charge >= 0.3 is 0 Å². The first-order valence-corrected chi connectivity index (χ1v) is 8.58. The lowest BCUT2D eigenvalue weighted by molar-refractivity contribution is 0.453. The van der Waals surface area contributed by atoms with Crippen molar-refractivity contribution < 1.29 is 0 Å². The summed E-state index contributed by atoms with van der Waals surface area (Å²) in [5.74, 6) is 0. The van der Waals surface area contributed by atoms with Crippen LogP contribution in [0.3, 0.4) is 0 Å². The van der Waals surface area contributed by atoms with Crippen LogP contribution in [-0.4, -0.2) is 55.8 Å². The van der Waals surface area contributed by atoms with Crippen LogP contribution in [-0.2, 0) is 0 Å². The zero-order valence-electron chi connectivity index (χ0n) is 15.7. The van der Waals surface area contributed by atoms with Crippen molar-refractivity contribution in [1.29, 1.82) is 0 Å². The lowest BCUT2D eigenvalue weighted by atomic mass is 10.2. The molecule has 0 fully saturated rings. The summed E-state index contributed by atoms with van der Waals surface area (Å²) in [6.07, 6.45) is 7.26. The van der Waals surface area contributed by atoms with Crippen molar-refractivity contribution in [2.75, 3.05) is 20.1 Å². The first-order valence-electron chi connectivity index (χ1n) is 8.58. The van der Waals surface area contributed by atoms with Crippen molar-refractivity contribution in [3.05, 3.63) is 11.9 Å². The van der Waals surface area contributed by atoms with Gasteiger partial charge in [0.15, 0.2) is 0 Å². The molecule has 2 atom stereocenters. The van der Waals surface area contributed by atoms with Gasteiger partial charge in [-0.25, -0.2) is 4.99 Å². The predicted octanol–water partition coefficient (Wildman–Crippen LogP) is 1.94. The summed E-state index contributed by atoms with van der Waals surface area (Å²) in [4.78, 5) is 10.4. The summed E-state index contributed by atoms with van der Waals surface area (Å²) in [7, 11) is 1.91. The molecule has 0 aromatic carbocycles. The molecule has 0 aromatic rings. The van der Waals surface area contributed by atoms with E-state index in [1.807, 2.05) is 11.9 Å². The van der Waals surface area contributed by atoms with Crippen LogP contribution in [0.25, 0.3) is 0 Å². The first kappa shape index (κ1) is 21.6. The maximum Gasteiger partial charge on any atom is 0.0954 e. The molecular formula is C17H36N6. The highest BCUT2D eigenvalue weighted by molar-refractivity contribution is 5.75. The smallest absolute Gasteiger partial charge is 0.0954 e.